The van der Waals surface area contributed by atoms with Gasteiger partial charge in [0.15, 0.2) is 0 Å². The smallest absolute Gasteiger partial charge is 0.244 e. The molecule has 0 bridgehead atoms. The summed E-state index contributed by atoms with van der Waals surface area (Å²) in [6.07, 6.45) is 0. The van der Waals surface area contributed by atoms with Crippen LogP contribution in [-0.4, -0.2) is 26.1 Å². The van der Waals surface area contributed by atoms with Crippen LogP contribution < -0.4 is 5.32 Å². The molecule has 0 saturated carbocycles. The average molecular weight is 400 g/mol. The summed E-state index contributed by atoms with van der Waals surface area (Å²) in [5.74, 6) is 0.357. The van der Waals surface area contributed by atoms with Crippen LogP contribution >= 0.6 is 15.9 Å². The lowest BCUT2D eigenvalue weighted by Crippen LogP contribution is -2.30. The van der Waals surface area contributed by atoms with Gasteiger partial charge in [-0.15, -0.1) is 10.2 Å². The van der Waals surface area contributed by atoms with Crippen LogP contribution in [0.25, 0.3) is 11.4 Å². The van der Waals surface area contributed by atoms with E-state index in [1.165, 1.54) is 4.80 Å². The average Bonchev–Trinajstić information content (AvgIpc) is 3.03. The van der Waals surface area contributed by atoms with Crippen LogP contribution in [0.5, 0.6) is 0 Å². The molecule has 6 nitrogen and oxygen atoms in total. The third kappa shape index (κ3) is 4.30. The molecule has 1 atom stereocenters. The minimum atomic E-state index is -0.163. The summed E-state index contributed by atoms with van der Waals surface area (Å²) in [7, 11) is 0. The van der Waals surface area contributed by atoms with Gasteiger partial charge in [-0.1, -0.05) is 52.3 Å². The molecule has 0 saturated heterocycles. The zero-order valence-electron chi connectivity index (χ0n) is 14.0. The number of halogens is 1. The maximum atomic E-state index is 12.2. The summed E-state index contributed by atoms with van der Waals surface area (Å²) < 4.78 is 1.00. The molecule has 0 aliphatic carbocycles. The number of hydrogen-bond acceptors (Lipinski definition) is 4. The number of amides is 1. The SMILES string of the molecule is Cc1ccccc1-c1nnn(CC(=O)N[C@H](C)c2ccc(Br)cc2)n1. The van der Waals surface area contributed by atoms with Gasteiger partial charge in [-0.05, 0) is 42.3 Å². The Labute approximate surface area is 154 Å². The number of aryl methyl sites for hydroxylation is 1. The minimum Gasteiger partial charge on any atom is -0.348 e. The maximum absolute atomic E-state index is 12.2. The van der Waals surface area contributed by atoms with E-state index in [1.54, 1.807) is 0 Å². The Kier molecular flexibility index (Phi) is 5.23. The number of carbonyl (C=O) groups excluding carboxylic acids is 1. The van der Waals surface area contributed by atoms with Crippen LogP contribution in [0.4, 0.5) is 0 Å². The fourth-order valence-electron chi connectivity index (χ4n) is 2.49. The molecule has 0 fully saturated rings. The second-order valence-electron chi connectivity index (χ2n) is 5.80. The van der Waals surface area contributed by atoms with E-state index in [4.69, 9.17) is 0 Å². The number of hydrogen-bond donors (Lipinski definition) is 1. The summed E-state index contributed by atoms with van der Waals surface area (Å²) >= 11 is 3.40. The molecular formula is C18H18BrN5O. The van der Waals surface area contributed by atoms with Crippen molar-refractivity contribution in [2.45, 2.75) is 26.4 Å². The highest BCUT2D eigenvalue weighted by Gasteiger charge is 2.13. The van der Waals surface area contributed by atoms with Crippen molar-refractivity contribution in [1.29, 1.82) is 0 Å². The highest BCUT2D eigenvalue weighted by atomic mass is 79.9. The first kappa shape index (κ1) is 17.3. The minimum absolute atomic E-state index is 0.0275. The molecule has 25 heavy (non-hydrogen) atoms. The first-order chi connectivity index (χ1) is 12.0. The molecule has 1 aromatic heterocycles. The molecule has 1 N–H and O–H groups in total. The van der Waals surface area contributed by atoms with Gasteiger partial charge in [-0.2, -0.15) is 4.80 Å². The first-order valence-electron chi connectivity index (χ1n) is 7.91. The molecule has 2 aromatic carbocycles. The summed E-state index contributed by atoms with van der Waals surface area (Å²) in [4.78, 5) is 13.5. The topological polar surface area (TPSA) is 72.7 Å². The fraction of sp³-hybridized carbons (Fsp3) is 0.222. The highest BCUT2D eigenvalue weighted by molar-refractivity contribution is 9.10. The molecule has 0 spiro atoms. The van der Waals surface area contributed by atoms with Crippen LogP contribution in [0.15, 0.2) is 53.0 Å². The monoisotopic (exact) mass is 399 g/mol. The van der Waals surface area contributed by atoms with Gasteiger partial charge < -0.3 is 5.32 Å². The summed E-state index contributed by atoms with van der Waals surface area (Å²) in [5.41, 5.74) is 3.01. The third-order valence-corrected chi connectivity index (χ3v) is 4.40. The Balaban J connectivity index is 1.64. The van der Waals surface area contributed by atoms with Crippen LogP contribution in [0, 0.1) is 6.92 Å². The van der Waals surface area contributed by atoms with Crippen molar-refractivity contribution in [3.05, 3.63) is 64.1 Å². The number of aromatic nitrogens is 4. The molecule has 0 aliphatic heterocycles. The van der Waals surface area contributed by atoms with Crippen LogP contribution in [0.2, 0.25) is 0 Å². The quantitative estimate of drug-likeness (QED) is 0.714. The van der Waals surface area contributed by atoms with Crippen molar-refractivity contribution in [2.75, 3.05) is 0 Å². The largest absolute Gasteiger partial charge is 0.348 e. The summed E-state index contributed by atoms with van der Waals surface area (Å²) in [5, 5.41) is 15.3. The third-order valence-electron chi connectivity index (χ3n) is 3.87. The van der Waals surface area contributed by atoms with E-state index in [0.717, 1.165) is 21.2 Å². The number of carbonyl (C=O) groups is 1. The van der Waals surface area contributed by atoms with Crippen molar-refractivity contribution in [2.24, 2.45) is 0 Å². The Hall–Kier alpha value is -2.54. The predicted octanol–water partition coefficient (Wildman–Crippen LogP) is 3.29. The number of rotatable bonds is 5. The van der Waals surface area contributed by atoms with E-state index in [-0.39, 0.29) is 18.5 Å². The molecule has 1 heterocycles. The van der Waals surface area contributed by atoms with E-state index in [0.29, 0.717) is 5.82 Å². The van der Waals surface area contributed by atoms with E-state index < -0.39 is 0 Å². The lowest BCUT2D eigenvalue weighted by molar-refractivity contribution is -0.122. The normalized spacial score (nSPS) is 12.0. The lowest BCUT2D eigenvalue weighted by Gasteiger charge is -2.14. The standard InChI is InChI=1S/C18H18BrN5O/c1-12-5-3-4-6-16(12)18-21-23-24(22-18)11-17(25)20-13(2)14-7-9-15(19)10-8-14/h3-10,13H,11H2,1-2H3,(H,20,25)/t13-/m1/s1. The Morgan fingerprint density at radius 3 is 2.64 bits per heavy atom. The van der Waals surface area contributed by atoms with Crippen molar-refractivity contribution < 1.29 is 4.79 Å². The lowest BCUT2D eigenvalue weighted by atomic mass is 10.1. The van der Waals surface area contributed by atoms with Gasteiger partial charge in [0.1, 0.15) is 6.54 Å². The van der Waals surface area contributed by atoms with Crippen molar-refractivity contribution in [3.8, 4) is 11.4 Å². The Morgan fingerprint density at radius 2 is 1.92 bits per heavy atom. The van der Waals surface area contributed by atoms with E-state index in [1.807, 2.05) is 62.4 Å². The first-order valence-corrected chi connectivity index (χ1v) is 8.71. The molecule has 7 heteroatoms. The molecule has 0 radical (unpaired) electrons. The Bertz CT molecular complexity index is 875. The second-order valence-corrected chi connectivity index (χ2v) is 6.71. The number of nitrogens with one attached hydrogen (secondary N) is 1. The van der Waals surface area contributed by atoms with Gasteiger partial charge in [0.05, 0.1) is 6.04 Å². The number of nitrogens with zero attached hydrogens (tertiary/aromatic N) is 4. The number of tetrazole rings is 1. The second kappa shape index (κ2) is 7.57. The highest BCUT2D eigenvalue weighted by Crippen LogP contribution is 2.18. The predicted molar refractivity (Wildman–Crippen MR) is 98.7 cm³/mol. The number of benzene rings is 2. The molecule has 1 amide bonds. The van der Waals surface area contributed by atoms with Gasteiger partial charge in [0.2, 0.25) is 11.7 Å². The van der Waals surface area contributed by atoms with Crippen molar-refractivity contribution in [1.82, 2.24) is 25.5 Å². The molecule has 3 aromatic rings. The summed E-state index contributed by atoms with van der Waals surface area (Å²) in [6.45, 7) is 3.96. The van der Waals surface area contributed by atoms with E-state index >= 15 is 0 Å². The maximum Gasteiger partial charge on any atom is 0.244 e. The molecule has 0 unspecified atom stereocenters. The van der Waals surface area contributed by atoms with Gasteiger partial charge in [-0.25, -0.2) is 0 Å². The van der Waals surface area contributed by atoms with Crippen molar-refractivity contribution in [3.63, 3.8) is 0 Å². The zero-order chi connectivity index (χ0) is 17.8. The molecule has 0 aliphatic rings. The van der Waals surface area contributed by atoms with Crippen LogP contribution in [0.1, 0.15) is 24.1 Å². The molecular weight excluding hydrogens is 382 g/mol. The molecule has 3 rings (SSSR count). The zero-order valence-corrected chi connectivity index (χ0v) is 15.6. The van der Waals surface area contributed by atoms with Gasteiger partial charge in [-0.3, -0.25) is 4.79 Å². The van der Waals surface area contributed by atoms with Gasteiger partial charge >= 0.3 is 0 Å². The van der Waals surface area contributed by atoms with Gasteiger partial charge in [0.25, 0.3) is 0 Å². The van der Waals surface area contributed by atoms with Crippen LogP contribution in [-0.2, 0) is 11.3 Å². The summed E-state index contributed by atoms with van der Waals surface area (Å²) in [6, 6.07) is 15.6. The van der Waals surface area contributed by atoms with Gasteiger partial charge in [0, 0.05) is 10.0 Å². The van der Waals surface area contributed by atoms with Crippen LogP contribution in [0.3, 0.4) is 0 Å². The van der Waals surface area contributed by atoms with E-state index in [2.05, 4.69) is 36.7 Å². The Morgan fingerprint density at radius 1 is 1.20 bits per heavy atom. The fourth-order valence-corrected chi connectivity index (χ4v) is 2.76. The molecule has 128 valence electrons. The van der Waals surface area contributed by atoms with E-state index in [9.17, 15) is 4.79 Å². The van der Waals surface area contributed by atoms with Crippen molar-refractivity contribution >= 4 is 21.8 Å².